The van der Waals surface area contributed by atoms with E-state index in [2.05, 4.69) is 16.9 Å². The number of piperidine rings is 1. The molecule has 1 amide bonds. The molecule has 0 bridgehead atoms. The van der Waals surface area contributed by atoms with E-state index < -0.39 is 17.6 Å². The number of rotatable bonds is 3. The van der Waals surface area contributed by atoms with E-state index in [1.165, 1.54) is 0 Å². The highest BCUT2D eigenvalue weighted by Gasteiger charge is 2.30. The Bertz CT molecular complexity index is 636. The fourth-order valence-corrected chi connectivity index (χ4v) is 2.83. The molecule has 0 spiro atoms. The predicted octanol–water partition coefficient (Wildman–Crippen LogP) is 3.26. The van der Waals surface area contributed by atoms with E-state index in [0.717, 1.165) is 50.2 Å². The molecule has 26 heavy (non-hydrogen) atoms. The molecule has 0 unspecified atom stereocenters. The van der Waals surface area contributed by atoms with Gasteiger partial charge in [0.05, 0.1) is 12.2 Å². The second-order valence-corrected chi connectivity index (χ2v) is 6.35. The van der Waals surface area contributed by atoms with Crippen molar-refractivity contribution in [1.29, 1.82) is 0 Å². The fourth-order valence-electron chi connectivity index (χ4n) is 2.83. The summed E-state index contributed by atoms with van der Waals surface area (Å²) in [4.78, 5) is 20.4. The van der Waals surface area contributed by atoms with Crippen molar-refractivity contribution in [3.8, 4) is 0 Å². The van der Waals surface area contributed by atoms with Gasteiger partial charge >= 0.3 is 6.18 Å². The average Bonchev–Trinajstić information content (AvgIpc) is 2.60. The lowest BCUT2D eigenvalue weighted by molar-refractivity contribution is -0.137. The molecule has 0 saturated carbocycles. The van der Waals surface area contributed by atoms with E-state index >= 15 is 0 Å². The van der Waals surface area contributed by atoms with E-state index in [1.807, 2.05) is 11.9 Å². The molecule has 1 aliphatic heterocycles. The van der Waals surface area contributed by atoms with Crippen LogP contribution in [0.5, 0.6) is 0 Å². The molecular formula is C18H24F3N3O2. The molecular weight excluding hydrogens is 347 g/mol. The Morgan fingerprint density at radius 1 is 1.27 bits per heavy atom. The summed E-state index contributed by atoms with van der Waals surface area (Å²) >= 11 is 0. The zero-order chi connectivity index (χ0) is 19.3. The molecule has 1 aromatic carbocycles. The Balaban J connectivity index is 2.15. The molecule has 1 aliphatic rings. The van der Waals surface area contributed by atoms with Crippen LogP contribution in [0.25, 0.3) is 0 Å². The Hall–Kier alpha value is -2.09. The SMILES string of the molecule is CCOC(=NC(=O)c1ccc(C(F)(F)F)cc1)N(C)C1CCN(C)CC1. The summed E-state index contributed by atoms with van der Waals surface area (Å²) in [5.74, 6) is -0.623. The van der Waals surface area contributed by atoms with Crippen molar-refractivity contribution in [2.75, 3.05) is 33.8 Å². The minimum atomic E-state index is -4.43. The number of nitrogens with zero attached hydrogens (tertiary/aromatic N) is 3. The highest BCUT2D eigenvalue weighted by atomic mass is 19.4. The van der Waals surface area contributed by atoms with Gasteiger partial charge in [-0.1, -0.05) is 0 Å². The number of carbonyl (C=O) groups is 1. The Morgan fingerprint density at radius 2 is 1.85 bits per heavy atom. The third-order valence-electron chi connectivity index (χ3n) is 4.47. The van der Waals surface area contributed by atoms with Crippen LogP contribution in [0, 0.1) is 0 Å². The number of benzene rings is 1. The van der Waals surface area contributed by atoms with Gasteiger partial charge < -0.3 is 14.5 Å². The van der Waals surface area contributed by atoms with Gasteiger partial charge in [0, 0.05) is 18.7 Å². The molecule has 0 aromatic heterocycles. The van der Waals surface area contributed by atoms with Crippen molar-refractivity contribution in [3.05, 3.63) is 35.4 Å². The zero-order valence-electron chi connectivity index (χ0n) is 15.2. The lowest BCUT2D eigenvalue weighted by atomic mass is 10.0. The first-order valence-electron chi connectivity index (χ1n) is 8.56. The van der Waals surface area contributed by atoms with Crippen LogP contribution in [-0.4, -0.2) is 61.6 Å². The fraction of sp³-hybridized carbons (Fsp3) is 0.556. The molecule has 1 saturated heterocycles. The monoisotopic (exact) mass is 371 g/mol. The van der Waals surface area contributed by atoms with Crippen molar-refractivity contribution < 1.29 is 22.7 Å². The van der Waals surface area contributed by atoms with Crippen molar-refractivity contribution in [3.63, 3.8) is 0 Å². The second-order valence-electron chi connectivity index (χ2n) is 6.35. The molecule has 0 atom stereocenters. The van der Waals surface area contributed by atoms with Gasteiger partial charge in [0.15, 0.2) is 0 Å². The third kappa shape index (κ3) is 5.20. The number of ether oxygens (including phenoxy) is 1. The molecule has 144 valence electrons. The first-order valence-corrected chi connectivity index (χ1v) is 8.56. The number of likely N-dealkylation sites (tertiary alicyclic amines) is 1. The largest absolute Gasteiger partial charge is 0.465 e. The zero-order valence-corrected chi connectivity index (χ0v) is 15.2. The Morgan fingerprint density at radius 3 is 2.35 bits per heavy atom. The van der Waals surface area contributed by atoms with E-state index in [9.17, 15) is 18.0 Å². The number of alkyl halides is 3. The maximum atomic E-state index is 12.6. The van der Waals surface area contributed by atoms with Crippen LogP contribution in [0.2, 0.25) is 0 Å². The van der Waals surface area contributed by atoms with Crippen molar-refractivity contribution in [2.45, 2.75) is 32.0 Å². The van der Waals surface area contributed by atoms with Crippen molar-refractivity contribution >= 4 is 11.9 Å². The van der Waals surface area contributed by atoms with Gasteiger partial charge in [0.1, 0.15) is 0 Å². The Labute approximate surface area is 151 Å². The van der Waals surface area contributed by atoms with Gasteiger partial charge in [0.2, 0.25) is 0 Å². The lowest BCUT2D eigenvalue weighted by Crippen LogP contribution is -2.45. The second kappa shape index (κ2) is 8.53. The van der Waals surface area contributed by atoms with Gasteiger partial charge in [-0.15, -0.1) is 0 Å². The smallest absolute Gasteiger partial charge is 0.416 e. The van der Waals surface area contributed by atoms with Gasteiger partial charge in [-0.25, -0.2) is 0 Å². The predicted molar refractivity (Wildman–Crippen MR) is 93.1 cm³/mol. The van der Waals surface area contributed by atoms with E-state index in [1.54, 1.807) is 6.92 Å². The van der Waals surface area contributed by atoms with Crippen molar-refractivity contribution in [2.24, 2.45) is 4.99 Å². The number of amidine groups is 1. The minimum Gasteiger partial charge on any atom is -0.465 e. The van der Waals surface area contributed by atoms with Crippen LogP contribution < -0.4 is 0 Å². The molecule has 0 N–H and O–H groups in total. The van der Waals surface area contributed by atoms with Gasteiger partial charge in [-0.05, 0) is 64.2 Å². The Kier molecular flexibility index (Phi) is 6.63. The maximum Gasteiger partial charge on any atom is 0.416 e. The lowest BCUT2D eigenvalue weighted by Gasteiger charge is -2.35. The highest BCUT2D eigenvalue weighted by molar-refractivity contribution is 6.01. The van der Waals surface area contributed by atoms with E-state index in [4.69, 9.17) is 4.74 Å². The van der Waals surface area contributed by atoms with Gasteiger partial charge in [0.25, 0.3) is 11.9 Å². The quantitative estimate of drug-likeness (QED) is 0.604. The number of aliphatic imine (C=N–C) groups is 1. The van der Waals surface area contributed by atoms with Crippen LogP contribution in [0.3, 0.4) is 0 Å². The number of carbonyl (C=O) groups excluding carboxylic acids is 1. The maximum absolute atomic E-state index is 12.6. The van der Waals surface area contributed by atoms with E-state index in [0.29, 0.717) is 6.61 Å². The summed E-state index contributed by atoms with van der Waals surface area (Å²) in [5, 5.41) is 0. The summed E-state index contributed by atoms with van der Waals surface area (Å²) in [7, 11) is 3.88. The molecule has 1 heterocycles. The van der Waals surface area contributed by atoms with Gasteiger partial charge in [-0.2, -0.15) is 18.2 Å². The average molecular weight is 371 g/mol. The molecule has 5 nitrogen and oxygen atoms in total. The summed E-state index contributed by atoms with van der Waals surface area (Å²) < 4.78 is 43.4. The number of halogens is 3. The third-order valence-corrected chi connectivity index (χ3v) is 4.47. The molecule has 1 aromatic rings. The van der Waals surface area contributed by atoms with E-state index in [-0.39, 0.29) is 17.6 Å². The minimum absolute atomic E-state index is 0.0898. The molecule has 0 radical (unpaired) electrons. The van der Waals surface area contributed by atoms with Crippen LogP contribution in [0.1, 0.15) is 35.7 Å². The van der Waals surface area contributed by atoms with Crippen molar-refractivity contribution in [1.82, 2.24) is 9.80 Å². The summed E-state index contributed by atoms with van der Waals surface area (Å²) in [6.07, 6.45) is -2.59. The number of hydrogen-bond donors (Lipinski definition) is 0. The topological polar surface area (TPSA) is 45.1 Å². The molecule has 2 rings (SSSR count). The first-order chi connectivity index (χ1) is 12.2. The molecule has 8 heteroatoms. The van der Waals surface area contributed by atoms with Crippen LogP contribution in [0.4, 0.5) is 13.2 Å². The van der Waals surface area contributed by atoms with Crippen LogP contribution in [0.15, 0.2) is 29.3 Å². The van der Waals surface area contributed by atoms with Crippen LogP contribution in [-0.2, 0) is 10.9 Å². The number of hydrogen-bond acceptors (Lipinski definition) is 3. The summed E-state index contributed by atoms with van der Waals surface area (Å²) in [6, 6.07) is 4.43. The molecule has 0 aliphatic carbocycles. The molecule has 1 fully saturated rings. The van der Waals surface area contributed by atoms with Crippen LogP contribution >= 0.6 is 0 Å². The standard InChI is InChI=1S/C18H24F3N3O2/c1-4-26-17(24(3)15-9-11-23(2)12-10-15)22-16(25)13-5-7-14(8-6-13)18(19,20)21/h5-8,15H,4,9-12H2,1-3H3. The highest BCUT2D eigenvalue weighted by Crippen LogP contribution is 2.29. The summed E-state index contributed by atoms with van der Waals surface area (Å²) in [5.41, 5.74) is -0.710. The first kappa shape index (κ1) is 20.2. The number of amides is 1. The normalized spacial score (nSPS) is 17.2. The van der Waals surface area contributed by atoms with Gasteiger partial charge in [-0.3, -0.25) is 4.79 Å². The summed E-state index contributed by atoms with van der Waals surface area (Å²) in [6.45, 7) is 4.03.